The van der Waals surface area contributed by atoms with Crippen molar-refractivity contribution in [3.05, 3.63) is 24.2 Å². The standard InChI is InChI=1S/C13H15F3N4O/c1-3-19(4-2)11(21)8-20-10-5-6-17-7-9(10)12(18-20)13(14,15)16/h5-7H,3-4,8H2,1-2H3. The summed E-state index contributed by atoms with van der Waals surface area (Å²) >= 11 is 0. The number of carbonyl (C=O) groups excluding carboxylic acids is 1. The average molecular weight is 300 g/mol. The smallest absolute Gasteiger partial charge is 0.342 e. The maximum atomic E-state index is 13.0. The Morgan fingerprint density at radius 3 is 2.57 bits per heavy atom. The van der Waals surface area contributed by atoms with E-state index in [2.05, 4.69) is 10.1 Å². The first-order valence-electron chi connectivity index (χ1n) is 6.54. The molecule has 2 aromatic heterocycles. The largest absolute Gasteiger partial charge is 0.435 e. The monoisotopic (exact) mass is 300 g/mol. The van der Waals surface area contributed by atoms with Crippen molar-refractivity contribution in [3.63, 3.8) is 0 Å². The molecule has 0 aliphatic rings. The lowest BCUT2D eigenvalue weighted by atomic mass is 10.2. The highest BCUT2D eigenvalue weighted by atomic mass is 19.4. The SMILES string of the molecule is CCN(CC)C(=O)Cn1nc(C(F)(F)F)c2cnccc21. The van der Waals surface area contributed by atoms with Crippen LogP contribution in [0.5, 0.6) is 0 Å². The van der Waals surface area contributed by atoms with Gasteiger partial charge in [-0.25, -0.2) is 0 Å². The van der Waals surface area contributed by atoms with Gasteiger partial charge in [0, 0.05) is 25.5 Å². The number of alkyl halides is 3. The van der Waals surface area contributed by atoms with Crippen LogP contribution in [0.15, 0.2) is 18.5 Å². The number of pyridine rings is 1. The van der Waals surface area contributed by atoms with Crippen molar-refractivity contribution in [2.45, 2.75) is 26.6 Å². The number of nitrogens with zero attached hydrogens (tertiary/aromatic N) is 4. The molecule has 0 saturated carbocycles. The second-order valence-electron chi connectivity index (χ2n) is 4.46. The van der Waals surface area contributed by atoms with E-state index in [0.717, 1.165) is 10.9 Å². The van der Waals surface area contributed by atoms with Crippen molar-refractivity contribution in [1.82, 2.24) is 19.7 Å². The number of amides is 1. The fourth-order valence-electron chi connectivity index (χ4n) is 2.16. The van der Waals surface area contributed by atoms with Gasteiger partial charge < -0.3 is 4.90 Å². The maximum Gasteiger partial charge on any atom is 0.435 e. The molecule has 8 heteroatoms. The Labute approximate surface area is 119 Å². The zero-order valence-corrected chi connectivity index (χ0v) is 11.7. The summed E-state index contributed by atoms with van der Waals surface area (Å²) in [5.74, 6) is -0.269. The van der Waals surface area contributed by atoms with Crippen LogP contribution >= 0.6 is 0 Å². The van der Waals surface area contributed by atoms with Gasteiger partial charge in [0.05, 0.1) is 10.9 Å². The van der Waals surface area contributed by atoms with E-state index in [1.165, 1.54) is 12.3 Å². The highest BCUT2D eigenvalue weighted by molar-refractivity contribution is 5.84. The van der Waals surface area contributed by atoms with Gasteiger partial charge in [0.2, 0.25) is 5.91 Å². The molecule has 2 rings (SSSR count). The molecular formula is C13H15F3N4O. The number of hydrogen-bond acceptors (Lipinski definition) is 3. The fraction of sp³-hybridized carbons (Fsp3) is 0.462. The highest BCUT2D eigenvalue weighted by Crippen LogP contribution is 2.33. The zero-order chi connectivity index (χ0) is 15.6. The van der Waals surface area contributed by atoms with Crippen molar-refractivity contribution in [1.29, 1.82) is 0 Å². The lowest BCUT2D eigenvalue weighted by molar-refractivity contribution is -0.141. The molecule has 2 heterocycles. The normalized spacial score (nSPS) is 11.9. The van der Waals surface area contributed by atoms with Crippen LogP contribution in [0.2, 0.25) is 0 Å². The summed E-state index contributed by atoms with van der Waals surface area (Å²) in [4.78, 5) is 17.3. The van der Waals surface area contributed by atoms with Crippen molar-refractivity contribution in [2.75, 3.05) is 13.1 Å². The molecule has 0 aliphatic carbocycles. The molecule has 2 aromatic rings. The molecule has 0 fully saturated rings. The summed E-state index contributed by atoms with van der Waals surface area (Å²) in [5, 5.41) is 3.46. The predicted octanol–water partition coefficient (Wildman–Crippen LogP) is 2.32. The van der Waals surface area contributed by atoms with E-state index in [4.69, 9.17) is 0 Å². The first-order valence-corrected chi connectivity index (χ1v) is 6.54. The Bertz CT molecular complexity index is 646. The van der Waals surface area contributed by atoms with Gasteiger partial charge in [0.1, 0.15) is 6.54 Å². The summed E-state index contributed by atoms with van der Waals surface area (Å²) in [6.07, 6.45) is -2.09. The molecule has 114 valence electrons. The zero-order valence-electron chi connectivity index (χ0n) is 11.7. The number of rotatable bonds is 4. The third-order valence-electron chi connectivity index (χ3n) is 3.22. The molecule has 0 atom stereocenters. The van der Waals surface area contributed by atoms with Gasteiger partial charge in [-0.1, -0.05) is 0 Å². The molecular weight excluding hydrogens is 285 g/mol. The topological polar surface area (TPSA) is 51.0 Å². The quantitative estimate of drug-likeness (QED) is 0.870. The molecule has 0 bridgehead atoms. The molecule has 21 heavy (non-hydrogen) atoms. The lowest BCUT2D eigenvalue weighted by Crippen LogP contribution is -2.33. The minimum absolute atomic E-state index is 0.0997. The minimum Gasteiger partial charge on any atom is -0.342 e. The van der Waals surface area contributed by atoms with E-state index in [0.29, 0.717) is 13.1 Å². The molecule has 0 spiro atoms. The molecule has 0 saturated heterocycles. The summed E-state index contributed by atoms with van der Waals surface area (Å²) in [7, 11) is 0. The molecule has 1 amide bonds. The van der Waals surface area contributed by atoms with Crippen molar-refractivity contribution >= 4 is 16.8 Å². The van der Waals surface area contributed by atoms with Crippen LogP contribution in [-0.2, 0) is 17.5 Å². The number of likely N-dealkylation sites (N-methyl/N-ethyl adjacent to an activating group) is 1. The van der Waals surface area contributed by atoms with Crippen molar-refractivity contribution in [3.8, 4) is 0 Å². The van der Waals surface area contributed by atoms with Crippen LogP contribution in [0, 0.1) is 0 Å². The van der Waals surface area contributed by atoms with Crippen LogP contribution in [0.4, 0.5) is 13.2 Å². The molecule has 5 nitrogen and oxygen atoms in total. The third kappa shape index (κ3) is 2.98. The predicted molar refractivity (Wildman–Crippen MR) is 70.5 cm³/mol. The first-order chi connectivity index (χ1) is 9.88. The molecule has 0 aliphatic heterocycles. The van der Waals surface area contributed by atoms with E-state index in [9.17, 15) is 18.0 Å². The van der Waals surface area contributed by atoms with E-state index in [1.54, 1.807) is 4.90 Å². The molecule has 0 radical (unpaired) electrons. The van der Waals surface area contributed by atoms with E-state index in [-0.39, 0.29) is 23.4 Å². The maximum absolute atomic E-state index is 13.0. The number of fused-ring (bicyclic) bond motifs is 1. The fourth-order valence-corrected chi connectivity index (χ4v) is 2.16. The van der Waals surface area contributed by atoms with Gasteiger partial charge in [-0.15, -0.1) is 0 Å². The Hall–Kier alpha value is -2.12. The number of hydrogen-bond donors (Lipinski definition) is 0. The van der Waals surface area contributed by atoms with Crippen molar-refractivity contribution < 1.29 is 18.0 Å². The van der Waals surface area contributed by atoms with Gasteiger partial charge >= 0.3 is 6.18 Å². The van der Waals surface area contributed by atoms with Crippen LogP contribution < -0.4 is 0 Å². The Morgan fingerprint density at radius 1 is 1.33 bits per heavy atom. The van der Waals surface area contributed by atoms with Gasteiger partial charge in [-0.05, 0) is 19.9 Å². The Kier molecular flexibility index (Phi) is 4.15. The molecule has 0 aromatic carbocycles. The summed E-state index contributed by atoms with van der Waals surface area (Å²) < 4.78 is 40.0. The van der Waals surface area contributed by atoms with Gasteiger partial charge in [-0.2, -0.15) is 18.3 Å². The van der Waals surface area contributed by atoms with E-state index in [1.807, 2.05) is 13.8 Å². The average Bonchev–Trinajstić information content (AvgIpc) is 2.79. The van der Waals surface area contributed by atoms with Gasteiger partial charge in [0.25, 0.3) is 0 Å². The van der Waals surface area contributed by atoms with E-state index >= 15 is 0 Å². The second kappa shape index (κ2) is 5.71. The summed E-state index contributed by atoms with van der Waals surface area (Å²) in [5.41, 5.74) is -0.768. The summed E-state index contributed by atoms with van der Waals surface area (Å²) in [6, 6.07) is 1.42. The van der Waals surface area contributed by atoms with Crippen LogP contribution in [-0.4, -0.2) is 38.7 Å². The number of aromatic nitrogens is 3. The third-order valence-corrected chi connectivity index (χ3v) is 3.22. The van der Waals surface area contributed by atoms with Crippen LogP contribution in [0.3, 0.4) is 0 Å². The Balaban J connectivity index is 2.43. The van der Waals surface area contributed by atoms with Crippen LogP contribution in [0.1, 0.15) is 19.5 Å². The lowest BCUT2D eigenvalue weighted by Gasteiger charge is -2.18. The first kappa shape index (κ1) is 15.3. The minimum atomic E-state index is -4.58. The summed E-state index contributed by atoms with van der Waals surface area (Å²) in [6.45, 7) is 4.41. The van der Waals surface area contributed by atoms with E-state index < -0.39 is 11.9 Å². The van der Waals surface area contributed by atoms with Crippen molar-refractivity contribution in [2.24, 2.45) is 0 Å². The van der Waals surface area contributed by atoms with Gasteiger partial charge in [-0.3, -0.25) is 14.5 Å². The number of carbonyl (C=O) groups is 1. The Morgan fingerprint density at radius 2 is 2.00 bits per heavy atom. The van der Waals surface area contributed by atoms with Gasteiger partial charge in [0.15, 0.2) is 5.69 Å². The van der Waals surface area contributed by atoms with Crippen LogP contribution in [0.25, 0.3) is 10.9 Å². The highest BCUT2D eigenvalue weighted by Gasteiger charge is 2.37. The molecule has 0 N–H and O–H groups in total. The number of halogens is 3. The molecule has 0 unspecified atom stereocenters. The second-order valence-corrected chi connectivity index (χ2v) is 4.46.